The molecule has 3 aromatic rings. The van der Waals surface area contributed by atoms with Gasteiger partial charge in [0.2, 0.25) is 5.29 Å². The van der Waals surface area contributed by atoms with E-state index in [1.807, 2.05) is 48.5 Å². The molecule has 0 aliphatic carbocycles. The lowest BCUT2D eigenvalue weighted by molar-refractivity contribution is 0.992. The molecule has 4 heteroatoms. The van der Waals surface area contributed by atoms with Gasteiger partial charge in [-0.2, -0.15) is 4.99 Å². The smallest absolute Gasteiger partial charge is 0.221 e. The number of hydrogen-bond acceptors (Lipinski definition) is 3. The Balaban J connectivity index is 1.75. The molecule has 1 aliphatic heterocycles. The maximum absolute atomic E-state index is 6.08. The summed E-state index contributed by atoms with van der Waals surface area (Å²) in [6, 6.07) is 28.8. The summed E-state index contributed by atoms with van der Waals surface area (Å²) < 4.78 is 0. The van der Waals surface area contributed by atoms with Crippen LogP contribution >= 0.6 is 11.6 Å². The zero-order valence-electron chi connectivity index (χ0n) is 13.5. The van der Waals surface area contributed by atoms with Crippen molar-refractivity contribution < 1.29 is 0 Å². The lowest BCUT2D eigenvalue weighted by atomic mass is 10.0. The van der Waals surface area contributed by atoms with E-state index in [4.69, 9.17) is 11.6 Å². The van der Waals surface area contributed by atoms with E-state index in [1.54, 1.807) is 0 Å². The molecular weight excluding hydrogens is 330 g/mol. The summed E-state index contributed by atoms with van der Waals surface area (Å²) in [5.74, 6) is 0.811. The van der Waals surface area contributed by atoms with E-state index in [0.29, 0.717) is 6.67 Å². The maximum atomic E-state index is 6.08. The van der Waals surface area contributed by atoms with Gasteiger partial charge in [0.05, 0.1) is 0 Å². The highest BCUT2D eigenvalue weighted by Gasteiger charge is 2.20. The lowest BCUT2D eigenvalue weighted by Crippen LogP contribution is -2.35. The van der Waals surface area contributed by atoms with Gasteiger partial charge in [-0.3, -0.25) is 0 Å². The van der Waals surface area contributed by atoms with Crippen molar-refractivity contribution in [3.05, 3.63) is 90.5 Å². The SMILES string of the molecule is ClC1=NCN(c2cccc(-c3ccccc3)c2)C(c2ccccc2)=N1. The fourth-order valence-corrected chi connectivity index (χ4v) is 3.01. The van der Waals surface area contributed by atoms with Gasteiger partial charge in [-0.05, 0) is 34.9 Å². The van der Waals surface area contributed by atoms with Crippen LogP contribution in [-0.4, -0.2) is 17.8 Å². The summed E-state index contributed by atoms with van der Waals surface area (Å²) in [6.45, 7) is 0.449. The van der Waals surface area contributed by atoms with Crippen LogP contribution in [0.15, 0.2) is 94.9 Å². The number of hydrogen-bond donors (Lipinski definition) is 0. The van der Waals surface area contributed by atoms with Crippen LogP contribution in [0.2, 0.25) is 0 Å². The standard InChI is InChI=1S/C21H16ClN3/c22-21-23-15-25(20(24-21)17-10-5-2-6-11-17)19-13-7-12-18(14-19)16-8-3-1-4-9-16/h1-14H,15H2. The first kappa shape index (κ1) is 15.6. The van der Waals surface area contributed by atoms with Gasteiger partial charge in [0.1, 0.15) is 12.5 Å². The predicted molar refractivity (Wildman–Crippen MR) is 105 cm³/mol. The van der Waals surface area contributed by atoms with E-state index < -0.39 is 0 Å². The number of rotatable bonds is 3. The molecule has 1 heterocycles. The number of amidine groups is 2. The molecule has 0 aromatic heterocycles. The van der Waals surface area contributed by atoms with Gasteiger partial charge in [-0.1, -0.05) is 72.8 Å². The highest BCUT2D eigenvalue weighted by atomic mass is 35.5. The molecule has 25 heavy (non-hydrogen) atoms. The minimum absolute atomic E-state index is 0.286. The third-order valence-electron chi connectivity index (χ3n) is 4.09. The highest BCUT2D eigenvalue weighted by Crippen LogP contribution is 2.27. The van der Waals surface area contributed by atoms with Crippen molar-refractivity contribution in [3.8, 4) is 11.1 Å². The quantitative estimate of drug-likeness (QED) is 0.601. The molecule has 0 saturated heterocycles. The Kier molecular flexibility index (Phi) is 4.32. The van der Waals surface area contributed by atoms with Gasteiger partial charge in [-0.15, -0.1) is 0 Å². The van der Waals surface area contributed by atoms with Crippen LogP contribution in [0.25, 0.3) is 11.1 Å². The van der Waals surface area contributed by atoms with E-state index in [2.05, 4.69) is 51.3 Å². The molecule has 0 fully saturated rings. The number of anilines is 1. The Labute approximate surface area is 151 Å². The molecule has 0 saturated carbocycles. The van der Waals surface area contributed by atoms with Crippen molar-refractivity contribution in [1.29, 1.82) is 0 Å². The Morgan fingerprint density at radius 2 is 1.36 bits per heavy atom. The van der Waals surface area contributed by atoms with Crippen molar-refractivity contribution in [2.24, 2.45) is 9.98 Å². The third-order valence-corrected chi connectivity index (χ3v) is 4.30. The van der Waals surface area contributed by atoms with Crippen LogP contribution < -0.4 is 4.90 Å². The molecule has 0 unspecified atom stereocenters. The van der Waals surface area contributed by atoms with Gasteiger partial charge in [0.15, 0.2) is 0 Å². The van der Waals surface area contributed by atoms with Crippen LogP contribution in [0.3, 0.4) is 0 Å². The van der Waals surface area contributed by atoms with Gasteiger partial charge in [0, 0.05) is 11.3 Å². The summed E-state index contributed by atoms with van der Waals surface area (Å²) in [5.41, 5.74) is 4.39. The minimum Gasteiger partial charge on any atom is -0.306 e. The number of aliphatic imine (C=N–C) groups is 2. The molecule has 0 N–H and O–H groups in total. The number of nitrogens with zero attached hydrogens (tertiary/aromatic N) is 3. The van der Waals surface area contributed by atoms with Gasteiger partial charge < -0.3 is 4.90 Å². The zero-order chi connectivity index (χ0) is 17.1. The summed E-state index contributed by atoms with van der Waals surface area (Å²) in [7, 11) is 0. The van der Waals surface area contributed by atoms with Crippen molar-refractivity contribution in [1.82, 2.24) is 0 Å². The molecule has 122 valence electrons. The average molecular weight is 346 g/mol. The molecule has 0 bridgehead atoms. The van der Waals surface area contributed by atoms with E-state index in [1.165, 1.54) is 5.56 Å². The minimum atomic E-state index is 0.286. The summed E-state index contributed by atoms with van der Waals surface area (Å²) in [6.07, 6.45) is 0. The molecule has 3 aromatic carbocycles. The number of benzene rings is 3. The Hall–Kier alpha value is -2.91. The molecule has 3 nitrogen and oxygen atoms in total. The van der Waals surface area contributed by atoms with Gasteiger partial charge in [-0.25, -0.2) is 4.99 Å². The van der Waals surface area contributed by atoms with Gasteiger partial charge in [0.25, 0.3) is 0 Å². The molecule has 0 spiro atoms. The second-order valence-corrected chi connectivity index (χ2v) is 6.05. The molecule has 1 aliphatic rings. The normalized spacial score (nSPS) is 14.0. The van der Waals surface area contributed by atoms with Crippen LogP contribution in [0.1, 0.15) is 5.56 Å². The first-order valence-corrected chi connectivity index (χ1v) is 8.46. The summed E-state index contributed by atoms with van der Waals surface area (Å²) in [5, 5.41) is 0.286. The van der Waals surface area contributed by atoms with Crippen LogP contribution in [0, 0.1) is 0 Å². The molecule has 4 rings (SSSR count). The Morgan fingerprint density at radius 3 is 2.08 bits per heavy atom. The molecule has 0 amide bonds. The average Bonchev–Trinajstić information content (AvgIpc) is 2.69. The fourth-order valence-electron chi connectivity index (χ4n) is 2.87. The molecule has 0 radical (unpaired) electrons. The van der Waals surface area contributed by atoms with Crippen molar-refractivity contribution in [3.63, 3.8) is 0 Å². The molecule has 0 atom stereocenters. The first-order chi connectivity index (χ1) is 12.3. The monoisotopic (exact) mass is 345 g/mol. The van der Waals surface area contributed by atoms with Crippen molar-refractivity contribution in [2.45, 2.75) is 0 Å². The van der Waals surface area contributed by atoms with Crippen LogP contribution in [0.4, 0.5) is 5.69 Å². The maximum Gasteiger partial charge on any atom is 0.221 e. The van der Waals surface area contributed by atoms with Crippen LogP contribution in [0.5, 0.6) is 0 Å². The van der Waals surface area contributed by atoms with Crippen LogP contribution in [-0.2, 0) is 0 Å². The second-order valence-electron chi connectivity index (χ2n) is 5.71. The van der Waals surface area contributed by atoms with E-state index in [9.17, 15) is 0 Å². The predicted octanol–water partition coefficient (Wildman–Crippen LogP) is 5.17. The molecular formula is C21H16ClN3. The van der Waals surface area contributed by atoms with E-state index >= 15 is 0 Å². The van der Waals surface area contributed by atoms with Crippen molar-refractivity contribution in [2.75, 3.05) is 11.6 Å². The van der Waals surface area contributed by atoms with E-state index in [0.717, 1.165) is 22.6 Å². The second kappa shape index (κ2) is 6.91. The zero-order valence-corrected chi connectivity index (χ0v) is 14.3. The first-order valence-electron chi connectivity index (χ1n) is 8.08. The lowest BCUT2D eigenvalue weighted by Gasteiger charge is -2.27. The van der Waals surface area contributed by atoms with Crippen molar-refractivity contribution >= 4 is 28.4 Å². The number of halogens is 1. The largest absolute Gasteiger partial charge is 0.306 e. The summed E-state index contributed by atoms with van der Waals surface area (Å²) in [4.78, 5) is 10.8. The Bertz CT molecular complexity index is 934. The van der Waals surface area contributed by atoms with Gasteiger partial charge >= 0.3 is 0 Å². The van der Waals surface area contributed by atoms with E-state index in [-0.39, 0.29) is 5.29 Å². The highest BCUT2D eigenvalue weighted by molar-refractivity contribution is 6.66. The fraction of sp³-hybridized carbons (Fsp3) is 0.0476. The third kappa shape index (κ3) is 3.32. The Morgan fingerprint density at radius 1 is 0.720 bits per heavy atom. The summed E-state index contributed by atoms with van der Waals surface area (Å²) >= 11 is 6.08. The topological polar surface area (TPSA) is 28.0 Å².